The molecule has 0 spiro atoms. The van der Waals surface area contributed by atoms with Gasteiger partial charge < -0.3 is 10.2 Å². The molecular formula is C17H21BrN2. The topological polar surface area (TPSA) is 15.3 Å². The van der Waals surface area contributed by atoms with Gasteiger partial charge in [-0.1, -0.05) is 40.2 Å². The minimum absolute atomic E-state index is 0.588. The van der Waals surface area contributed by atoms with Gasteiger partial charge in [0, 0.05) is 21.6 Å². The van der Waals surface area contributed by atoms with Crippen LogP contribution < -0.4 is 5.32 Å². The van der Waals surface area contributed by atoms with E-state index in [1.165, 1.54) is 53.3 Å². The van der Waals surface area contributed by atoms with Crippen LogP contribution in [0.5, 0.6) is 0 Å². The number of fused-ring (bicyclic) bond motifs is 1. The van der Waals surface area contributed by atoms with Gasteiger partial charge in [-0.3, -0.25) is 0 Å². The number of halogens is 1. The minimum Gasteiger partial charge on any atom is -0.382 e. The lowest BCUT2D eigenvalue weighted by Gasteiger charge is -2.19. The number of nitrogens with one attached hydrogen (secondary N) is 1. The van der Waals surface area contributed by atoms with Crippen molar-refractivity contribution in [2.24, 2.45) is 0 Å². The molecule has 20 heavy (non-hydrogen) atoms. The molecule has 2 nitrogen and oxygen atoms in total. The van der Waals surface area contributed by atoms with E-state index in [1.807, 2.05) is 0 Å². The number of hydrogen-bond donors (Lipinski definition) is 1. The van der Waals surface area contributed by atoms with Crippen LogP contribution in [0, 0.1) is 0 Å². The van der Waals surface area contributed by atoms with E-state index in [0.717, 1.165) is 0 Å². The Morgan fingerprint density at radius 1 is 1.05 bits per heavy atom. The van der Waals surface area contributed by atoms with Crippen LogP contribution in [0.25, 0.3) is 10.8 Å². The van der Waals surface area contributed by atoms with Crippen molar-refractivity contribution in [3.05, 3.63) is 40.9 Å². The third kappa shape index (κ3) is 2.99. The quantitative estimate of drug-likeness (QED) is 0.871. The second kappa shape index (κ2) is 6.15. The van der Waals surface area contributed by atoms with E-state index in [1.54, 1.807) is 0 Å². The monoisotopic (exact) mass is 332 g/mol. The number of likely N-dealkylation sites (tertiary alicyclic amines) is 1. The van der Waals surface area contributed by atoms with E-state index in [2.05, 4.69) is 69.6 Å². The first-order valence-electron chi connectivity index (χ1n) is 7.36. The molecule has 1 atom stereocenters. The average Bonchev–Trinajstić information content (AvgIpc) is 2.67. The zero-order valence-electron chi connectivity index (χ0n) is 11.9. The van der Waals surface area contributed by atoms with Crippen molar-refractivity contribution in [3.63, 3.8) is 0 Å². The van der Waals surface area contributed by atoms with Crippen molar-refractivity contribution in [2.45, 2.75) is 25.3 Å². The second-order valence-corrected chi connectivity index (χ2v) is 6.57. The Morgan fingerprint density at radius 2 is 1.85 bits per heavy atom. The zero-order valence-corrected chi connectivity index (χ0v) is 13.5. The fraction of sp³-hybridized carbons (Fsp3) is 0.412. The number of nitrogens with zero attached hydrogens (tertiary/aromatic N) is 1. The summed E-state index contributed by atoms with van der Waals surface area (Å²) < 4.78 is 1.17. The van der Waals surface area contributed by atoms with Gasteiger partial charge in [0.2, 0.25) is 0 Å². The highest BCUT2D eigenvalue weighted by Gasteiger charge is 2.15. The molecule has 0 aliphatic carbocycles. The van der Waals surface area contributed by atoms with Gasteiger partial charge in [-0.2, -0.15) is 0 Å². The molecule has 0 saturated carbocycles. The molecule has 1 saturated heterocycles. The fourth-order valence-electron chi connectivity index (χ4n) is 2.99. The first-order valence-corrected chi connectivity index (χ1v) is 8.15. The number of hydrogen-bond acceptors (Lipinski definition) is 2. The van der Waals surface area contributed by atoms with Crippen LogP contribution in [0.15, 0.2) is 40.9 Å². The molecule has 0 aromatic heterocycles. The molecule has 1 aliphatic rings. The third-order valence-corrected chi connectivity index (χ3v) is 4.87. The molecule has 1 unspecified atom stereocenters. The highest BCUT2D eigenvalue weighted by atomic mass is 79.9. The third-order valence-electron chi connectivity index (χ3n) is 4.18. The molecule has 106 valence electrons. The van der Waals surface area contributed by atoms with Crippen molar-refractivity contribution < 1.29 is 0 Å². The van der Waals surface area contributed by atoms with E-state index < -0.39 is 0 Å². The first kappa shape index (κ1) is 13.9. The van der Waals surface area contributed by atoms with Crippen molar-refractivity contribution in [2.75, 3.05) is 25.5 Å². The molecule has 1 heterocycles. The minimum atomic E-state index is 0.588. The summed E-state index contributed by atoms with van der Waals surface area (Å²) in [4.78, 5) is 2.43. The lowest BCUT2D eigenvalue weighted by atomic mass is 10.1. The highest BCUT2D eigenvalue weighted by Crippen LogP contribution is 2.31. The summed E-state index contributed by atoms with van der Waals surface area (Å²) >= 11 is 3.64. The van der Waals surface area contributed by atoms with Crippen LogP contribution in [-0.4, -0.2) is 31.1 Å². The van der Waals surface area contributed by atoms with Crippen molar-refractivity contribution in [1.29, 1.82) is 0 Å². The molecule has 0 bridgehead atoms. The summed E-state index contributed by atoms with van der Waals surface area (Å²) in [5, 5.41) is 6.35. The maximum atomic E-state index is 3.76. The van der Waals surface area contributed by atoms with E-state index >= 15 is 0 Å². The maximum Gasteiger partial charge on any atom is 0.0422 e. The molecule has 0 radical (unpaired) electrons. The van der Waals surface area contributed by atoms with E-state index in [-0.39, 0.29) is 0 Å². The van der Waals surface area contributed by atoms with Crippen LogP contribution in [0.1, 0.15) is 19.3 Å². The van der Waals surface area contributed by atoms with Gasteiger partial charge in [0.25, 0.3) is 0 Å². The van der Waals surface area contributed by atoms with Gasteiger partial charge in [0.1, 0.15) is 0 Å². The largest absolute Gasteiger partial charge is 0.382 e. The molecule has 1 fully saturated rings. The van der Waals surface area contributed by atoms with Crippen molar-refractivity contribution in [3.8, 4) is 0 Å². The second-order valence-electron chi connectivity index (χ2n) is 5.72. The lowest BCUT2D eigenvalue weighted by Crippen LogP contribution is -2.23. The Kier molecular flexibility index (Phi) is 4.27. The van der Waals surface area contributed by atoms with Gasteiger partial charge in [-0.05, 0) is 56.9 Å². The van der Waals surface area contributed by atoms with Gasteiger partial charge in [-0.25, -0.2) is 0 Å². The molecule has 0 amide bonds. The van der Waals surface area contributed by atoms with Gasteiger partial charge >= 0.3 is 0 Å². The molecule has 2 aromatic carbocycles. The summed E-state index contributed by atoms with van der Waals surface area (Å²) in [7, 11) is 2.22. The van der Waals surface area contributed by atoms with Crippen molar-refractivity contribution >= 4 is 32.4 Å². The fourth-order valence-corrected chi connectivity index (χ4v) is 3.47. The van der Waals surface area contributed by atoms with E-state index in [4.69, 9.17) is 0 Å². The van der Waals surface area contributed by atoms with E-state index in [9.17, 15) is 0 Å². The first-order chi connectivity index (χ1) is 9.74. The number of rotatable bonds is 2. The standard InChI is InChI=1S/C17H21BrN2/c1-20-11-4-5-13(10-12-20)19-17-9-8-16(18)14-6-2-3-7-15(14)17/h2-3,6-9,13,19H,4-5,10-12H2,1H3. The van der Waals surface area contributed by atoms with Gasteiger partial charge in [-0.15, -0.1) is 0 Å². The molecular weight excluding hydrogens is 312 g/mol. The van der Waals surface area contributed by atoms with Crippen LogP contribution in [0.4, 0.5) is 5.69 Å². The molecule has 3 heteroatoms. The molecule has 3 rings (SSSR count). The van der Waals surface area contributed by atoms with Crippen molar-refractivity contribution in [1.82, 2.24) is 4.90 Å². The van der Waals surface area contributed by atoms with Crippen LogP contribution >= 0.6 is 15.9 Å². The zero-order chi connectivity index (χ0) is 13.9. The van der Waals surface area contributed by atoms with Gasteiger partial charge in [0.05, 0.1) is 0 Å². The van der Waals surface area contributed by atoms with Crippen LogP contribution in [0.3, 0.4) is 0 Å². The summed E-state index contributed by atoms with van der Waals surface area (Å²) in [6.45, 7) is 2.41. The Hall–Kier alpha value is -1.06. The summed E-state index contributed by atoms with van der Waals surface area (Å²) in [5.41, 5.74) is 1.26. The smallest absolute Gasteiger partial charge is 0.0422 e. The summed E-state index contributed by atoms with van der Waals surface area (Å²) in [6, 6.07) is 13.5. The number of benzene rings is 2. The summed E-state index contributed by atoms with van der Waals surface area (Å²) in [6.07, 6.45) is 3.76. The maximum absolute atomic E-state index is 3.76. The Morgan fingerprint density at radius 3 is 2.70 bits per heavy atom. The van der Waals surface area contributed by atoms with Gasteiger partial charge in [0.15, 0.2) is 0 Å². The van der Waals surface area contributed by atoms with E-state index in [0.29, 0.717) is 6.04 Å². The summed E-state index contributed by atoms with van der Waals surface area (Å²) in [5.74, 6) is 0. The highest BCUT2D eigenvalue weighted by molar-refractivity contribution is 9.10. The Bertz CT molecular complexity index is 597. The number of anilines is 1. The normalized spacial score (nSPS) is 20.8. The van der Waals surface area contributed by atoms with Crippen LogP contribution in [0.2, 0.25) is 0 Å². The predicted octanol–water partition coefficient (Wildman–Crippen LogP) is 4.50. The predicted molar refractivity (Wildman–Crippen MR) is 90.4 cm³/mol. The lowest BCUT2D eigenvalue weighted by molar-refractivity contribution is 0.348. The molecule has 1 N–H and O–H groups in total. The molecule has 1 aliphatic heterocycles. The average molecular weight is 333 g/mol. The molecule has 2 aromatic rings. The Labute approximate surface area is 129 Å². The van der Waals surface area contributed by atoms with Crippen LogP contribution in [-0.2, 0) is 0 Å². The Balaban J connectivity index is 1.85. The SMILES string of the molecule is CN1CCCC(Nc2ccc(Br)c3ccccc23)CC1.